The highest BCUT2D eigenvalue weighted by Gasteiger charge is 2.26. The minimum absolute atomic E-state index is 0.00965. The van der Waals surface area contributed by atoms with Crippen LogP contribution in [0.25, 0.3) is 0 Å². The van der Waals surface area contributed by atoms with E-state index >= 15 is 0 Å². The van der Waals surface area contributed by atoms with E-state index in [4.69, 9.17) is 5.11 Å². The summed E-state index contributed by atoms with van der Waals surface area (Å²) in [5.41, 5.74) is 0. The van der Waals surface area contributed by atoms with Gasteiger partial charge in [0.05, 0.1) is 6.61 Å². The van der Waals surface area contributed by atoms with E-state index in [0.29, 0.717) is 13.1 Å². The summed E-state index contributed by atoms with van der Waals surface area (Å²) in [6.45, 7) is 3.70. The molecule has 92 valence electrons. The Morgan fingerprint density at radius 1 is 1.07 bits per heavy atom. The molecule has 0 aromatic carbocycles. The van der Waals surface area contributed by atoms with Crippen LogP contribution in [0.4, 0.5) is 13.2 Å². The van der Waals surface area contributed by atoms with Gasteiger partial charge in [-0.3, -0.25) is 0 Å². The fourth-order valence-electron chi connectivity index (χ4n) is 1.36. The number of alkyl halides is 3. The lowest BCUT2D eigenvalue weighted by molar-refractivity contribution is -0.136. The van der Waals surface area contributed by atoms with Gasteiger partial charge < -0.3 is 10.0 Å². The van der Waals surface area contributed by atoms with Crippen LogP contribution in [0.1, 0.15) is 32.6 Å². The quantitative estimate of drug-likeness (QED) is 0.688. The molecule has 0 saturated carbocycles. The van der Waals surface area contributed by atoms with Crippen molar-refractivity contribution < 1.29 is 18.3 Å². The number of hydrogen-bond acceptors (Lipinski definition) is 2. The lowest BCUT2D eigenvalue weighted by Crippen LogP contribution is -2.29. The van der Waals surface area contributed by atoms with Gasteiger partial charge in [-0.05, 0) is 25.9 Å². The average molecular weight is 227 g/mol. The first-order valence-electron chi connectivity index (χ1n) is 5.39. The maximum Gasteiger partial charge on any atom is 0.389 e. The molecule has 0 aromatic rings. The van der Waals surface area contributed by atoms with Crippen molar-refractivity contribution in [2.45, 2.75) is 38.8 Å². The number of hydrogen-bond donors (Lipinski definition) is 1. The van der Waals surface area contributed by atoms with Crippen LogP contribution in [-0.4, -0.2) is 42.4 Å². The Balaban J connectivity index is 3.65. The maximum absolute atomic E-state index is 11.9. The smallest absolute Gasteiger partial charge is 0.389 e. The van der Waals surface area contributed by atoms with Gasteiger partial charge >= 0.3 is 6.18 Å². The van der Waals surface area contributed by atoms with Gasteiger partial charge in [-0.1, -0.05) is 13.3 Å². The molecule has 0 radical (unpaired) electrons. The number of aliphatic hydroxyl groups excluding tert-OH is 1. The summed E-state index contributed by atoms with van der Waals surface area (Å²) in [6, 6.07) is 0. The first kappa shape index (κ1) is 14.7. The van der Waals surface area contributed by atoms with Gasteiger partial charge in [0, 0.05) is 13.0 Å². The molecule has 0 rings (SSSR count). The molecule has 0 atom stereocenters. The largest absolute Gasteiger partial charge is 0.395 e. The lowest BCUT2D eigenvalue weighted by atomic mass is 10.2. The van der Waals surface area contributed by atoms with Gasteiger partial charge in [0.25, 0.3) is 0 Å². The third kappa shape index (κ3) is 10.0. The van der Waals surface area contributed by atoms with Gasteiger partial charge in [0.15, 0.2) is 0 Å². The Kier molecular flexibility index (Phi) is 7.78. The second-order valence-electron chi connectivity index (χ2n) is 3.64. The highest BCUT2D eigenvalue weighted by Crippen LogP contribution is 2.21. The van der Waals surface area contributed by atoms with E-state index in [9.17, 15) is 13.2 Å². The van der Waals surface area contributed by atoms with Crippen molar-refractivity contribution in [3.8, 4) is 0 Å². The number of rotatable bonds is 8. The number of nitrogens with zero attached hydrogens (tertiary/aromatic N) is 1. The molecule has 0 heterocycles. The van der Waals surface area contributed by atoms with E-state index < -0.39 is 12.6 Å². The molecule has 0 aliphatic rings. The predicted molar refractivity (Wildman–Crippen MR) is 53.7 cm³/mol. The second-order valence-corrected chi connectivity index (χ2v) is 3.64. The summed E-state index contributed by atoms with van der Waals surface area (Å²) >= 11 is 0. The van der Waals surface area contributed by atoms with Gasteiger partial charge in [0.1, 0.15) is 0 Å². The van der Waals surface area contributed by atoms with Crippen LogP contribution in [-0.2, 0) is 0 Å². The highest BCUT2D eigenvalue weighted by atomic mass is 19.4. The molecule has 0 unspecified atom stereocenters. The number of unbranched alkanes of at least 4 members (excludes halogenated alkanes) is 1. The molecular formula is C10H20F3NO. The van der Waals surface area contributed by atoms with Gasteiger partial charge in [-0.2, -0.15) is 13.2 Å². The molecule has 0 aliphatic carbocycles. The van der Waals surface area contributed by atoms with E-state index in [0.717, 1.165) is 19.4 Å². The molecule has 0 aromatic heterocycles. The summed E-state index contributed by atoms with van der Waals surface area (Å²) in [5.74, 6) is 0. The van der Waals surface area contributed by atoms with Crippen LogP contribution >= 0.6 is 0 Å². The molecule has 0 spiro atoms. The molecular weight excluding hydrogens is 207 g/mol. The van der Waals surface area contributed by atoms with Crippen molar-refractivity contribution in [3.05, 3.63) is 0 Å². The molecule has 0 amide bonds. The third-order valence-electron chi connectivity index (χ3n) is 2.18. The highest BCUT2D eigenvalue weighted by molar-refractivity contribution is 4.59. The molecule has 1 N–H and O–H groups in total. The fourth-order valence-corrected chi connectivity index (χ4v) is 1.36. The lowest BCUT2D eigenvalue weighted by Gasteiger charge is -2.21. The number of halogens is 3. The zero-order chi connectivity index (χ0) is 11.7. The van der Waals surface area contributed by atoms with Crippen molar-refractivity contribution in [1.82, 2.24) is 4.90 Å². The summed E-state index contributed by atoms with van der Waals surface area (Å²) in [6.07, 6.45) is -2.70. The Morgan fingerprint density at radius 2 is 1.67 bits per heavy atom. The molecule has 0 bridgehead atoms. The zero-order valence-electron chi connectivity index (χ0n) is 9.19. The van der Waals surface area contributed by atoms with Crippen molar-refractivity contribution in [1.29, 1.82) is 0 Å². The monoisotopic (exact) mass is 227 g/mol. The SMILES string of the molecule is CCCCN(CCO)CCCC(F)(F)F. The van der Waals surface area contributed by atoms with Crippen molar-refractivity contribution >= 4 is 0 Å². The third-order valence-corrected chi connectivity index (χ3v) is 2.18. The Hall–Kier alpha value is -0.290. The standard InChI is InChI=1S/C10H20F3NO/c1-2-3-6-14(8-9-15)7-4-5-10(11,12)13/h15H,2-9H2,1H3. The summed E-state index contributed by atoms with van der Waals surface area (Å²) < 4.78 is 35.6. The molecule has 2 nitrogen and oxygen atoms in total. The first-order chi connectivity index (χ1) is 6.99. The minimum atomic E-state index is -4.06. The maximum atomic E-state index is 11.9. The Morgan fingerprint density at radius 3 is 2.13 bits per heavy atom. The van der Waals surface area contributed by atoms with Crippen LogP contribution in [0.15, 0.2) is 0 Å². The molecule has 15 heavy (non-hydrogen) atoms. The van der Waals surface area contributed by atoms with E-state index in [-0.39, 0.29) is 13.0 Å². The van der Waals surface area contributed by atoms with E-state index in [2.05, 4.69) is 0 Å². The Labute approximate surface area is 89.1 Å². The van der Waals surface area contributed by atoms with Gasteiger partial charge in [-0.25, -0.2) is 0 Å². The zero-order valence-corrected chi connectivity index (χ0v) is 9.19. The fraction of sp³-hybridized carbons (Fsp3) is 1.00. The van der Waals surface area contributed by atoms with Crippen molar-refractivity contribution in [2.24, 2.45) is 0 Å². The molecule has 0 saturated heterocycles. The molecule has 0 aliphatic heterocycles. The predicted octanol–water partition coefficient (Wildman–Crippen LogP) is 2.42. The molecule has 5 heteroatoms. The van der Waals surface area contributed by atoms with Crippen LogP contribution in [0, 0.1) is 0 Å². The van der Waals surface area contributed by atoms with Crippen molar-refractivity contribution in [2.75, 3.05) is 26.2 Å². The van der Waals surface area contributed by atoms with E-state index in [1.807, 2.05) is 11.8 Å². The minimum Gasteiger partial charge on any atom is -0.395 e. The summed E-state index contributed by atoms with van der Waals surface area (Å²) in [7, 11) is 0. The van der Waals surface area contributed by atoms with Crippen LogP contribution in [0.2, 0.25) is 0 Å². The average Bonchev–Trinajstić information content (AvgIpc) is 2.12. The summed E-state index contributed by atoms with van der Waals surface area (Å²) in [5, 5.41) is 8.73. The first-order valence-corrected chi connectivity index (χ1v) is 5.39. The summed E-state index contributed by atoms with van der Waals surface area (Å²) in [4.78, 5) is 1.88. The van der Waals surface area contributed by atoms with Gasteiger partial charge in [0.2, 0.25) is 0 Å². The number of aliphatic hydroxyl groups is 1. The van der Waals surface area contributed by atoms with Crippen molar-refractivity contribution in [3.63, 3.8) is 0 Å². The van der Waals surface area contributed by atoms with Crippen LogP contribution < -0.4 is 0 Å². The van der Waals surface area contributed by atoms with E-state index in [1.165, 1.54) is 0 Å². The van der Waals surface area contributed by atoms with Gasteiger partial charge in [-0.15, -0.1) is 0 Å². The molecule has 0 fully saturated rings. The Bertz CT molecular complexity index is 150. The normalized spacial score (nSPS) is 12.4. The van der Waals surface area contributed by atoms with Crippen LogP contribution in [0.3, 0.4) is 0 Å². The second kappa shape index (κ2) is 7.93. The van der Waals surface area contributed by atoms with Crippen LogP contribution in [0.5, 0.6) is 0 Å². The van der Waals surface area contributed by atoms with E-state index in [1.54, 1.807) is 0 Å². The topological polar surface area (TPSA) is 23.5 Å².